The summed E-state index contributed by atoms with van der Waals surface area (Å²) in [5.74, 6) is 0. The Morgan fingerprint density at radius 2 is 2.25 bits per heavy atom. The Kier molecular flexibility index (Phi) is 2.76. The fourth-order valence-electron chi connectivity index (χ4n) is 1.19. The van der Waals surface area contributed by atoms with Crippen molar-refractivity contribution in [2.75, 3.05) is 0 Å². The van der Waals surface area contributed by atoms with Crippen molar-refractivity contribution in [2.45, 2.75) is 32.3 Å². The molecular formula is C9H14N2O. The Balaban J connectivity index is 2.82. The Hall–Kier alpha value is -0.960. The number of nitrogens with zero attached hydrogens (tertiary/aromatic N) is 2. The van der Waals surface area contributed by atoms with E-state index in [1.54, 1.807) is 25.5 Å². The molecule has 1 N–H and O–H groups in total. The molecule has 3 heteroatoms. The molecule has 1 aromatic rings. The molecule has 1 heterocycles. The third kappa shape index (κ3) is 2.01. The highest BCUT2D eigenvalue weighted by molar-refractivity contribution is 5.05. The van der Waals surface area contributed by atoms with Crippen molar-refractivity contribution >= 4 is 0 Å². The Bertz CT molecular complexity index is 234. The largest absolute Gasteiger partial charge is 0.384 e. The Morgan fingerprint density at radius 1 is 1.50 bits per heavy atom. The minimum Gasteiger partial charge on any atom is -0.384 e. The van der Waals surface area contributed by atoms with Crippen molar-refractivity contribution in [1.82, 2.24) is 9.97 Å². The van der Waals surface area contributed by atoms with Crippen molar-refractivity contribution in [3.8, 4) is 0 Å². The molecule has 0 radical (unpaired) electrons. The Labute approximate surface area is 72.5 Å². The predicted octanol–water partition coefficient (Wildman–Crippen LogP) is 1.48. The van der Waals surface area contributed by atoms with Crippen molar-refractivity contribution in [2.24, 2.45) is 0 Å². The highest BCUT2D eigenvalue weighted by Crippen LogP contribution is 2.22. The van der Waals surface area contributed by atoms with E-state index in [-0.39, 0.29) is 0 Å². The highest BCUT2D eigenvalue weighted by Gasteiger charge is 2.22. The first-order valence-corrected chi connectivity index (χ1v) is 4.15. The zero-order valence-corrected chi connectivity index (χ0v) is 7.49. The molecule has 1 rings (SSSR count). The third-order valence-corrected chi connectivity index (χ3v) is 1.85. The van der Waals surface area contributed by atoms with Crippen LogP contribution < -0.4 is 0 Å². The summed E-state index contributed by atoms with van der Waals surface area (Å²) in [6.07, 6.45) is 6.45. The first kappa shape index (κ1) is 9.13. The second-order valence-electron chi connectivity index (χ2n) is 3.11. The number of hydrogen-bond donors (Lipinski definition) is 1. The van der Waals surface area contributed by atoms with E-state index in [2.05, 4.69) is 9.97 Å². The van der Waals surface area contributed by atoms with Crippen LogP contribution in [-0.4, -0.2) is 15.1 Å². The average molecular weight is 166 g/mol. The zero-order chi connectivity index (χ0) is 9.03. The van der Waals surface area contributed by atoms with E-state index >= 15 is 0 Å². The molecule has 0 spiro atoms. The van der Waals surface area contributed by atoms with Crippen LogP contribution in [0.1, 0.15) is 32.4 Å². The van der Waals surface area contributed by atoms with Crippen LogP contribution in [-0.2, 0) is 5.60 Å². The van der Waals surface area contributed by atoms with E-state index < -0.39 is 5.60 Å². The van der Waals surface area contributed by atoms with Gasteiger partial charge < -0.3 is 5.11 Å². The zero-order valence-electron chi connectivity index (χ0n) is 7.49. The van der Waals surface area contributed by atoms with E-state index in [1.165, 1.54) is 0 Å². The number of aliphatic hydroxyl groups is 1. The molecule has 0 aromatic carbocycles. The summed E-state index contributed by atoms with van der Waals surface area (Å²) >= 11 is 0. The van der Waals surface area contributed by atoms with Gasteiger partial charge in [0.05, 0.1) is 11.9 Å². The molecule has 3 nitrogen and oxygen atoms in total. The van der Waals surface area contributed by atoms with Crippen LogP contribution >= 0.6 is 0 Å². The van der Waals surface area contributed by atoms with Gasteiger partial charge >= 0.3 is 0 Å². The first-order valence-electron chi connectivity index (χ1n) is 4.15. The lowest BCUT2D eigenvalue weighted by atomic mass is 9.97. The summed E-state index contributed by atoms with van der Waals surface area (Å²) in [6, 6.07) is 0. The summed E-state index contributed by atoms with van der Waals surface area (Å²) in [7, 11) is 0. The van der Waals surface area contributed by atoms with Crippen LogP contribution in [0.3, 0.4) is 0 Å². The van der Waals surface area contributed by atoms with Crippen molar-refractivity contribution in [3.05, 3.63) is 24.3 Å². The van der Waals surface area contributed by atoms with Crippen LogP contribution in [0.4, 0.5) is 0 Å². The topological polar surface area (TPSA) is 46.0 Å². The molecule has 66 valence electrons. The van der Waals surface area contributed by atoms with E-state index in [9.17, 15) is 5.11 Å². The Morgan fingerprint density at radius 3 is 2.75 bits per heavy atom. The number of hydrogen-bond acceptors (Lipinski definition) is 3. The standard InChI is InChI=1S/C9H14N2O/c1-3-4-9(2,12)8-7-10-5-6-11-8/h5-7,12H,3-4H2,1-2H3. The van der Waals surface area contributed by atoms with Gasteiger partial charge in [-0.1, -0.05) is 13.3 Å². The van der Waals surface area contributed by atoms with Gasteiger partial charge in [-0.2, -0.15) is 0 Å². The lowest BCUT2D eigenvalue weighted by molar-refractivity contribution is 0.0421. The van der Waals surface area contributed by atoms with E-state index in [0.717, 1.165) is 6.42 Å². The van der Waals surface area contributed by atoms with Gasteiger partial charge in [0.15, 0.2) is 0 Å². The van der Waals surface area contributed by atoms with Crippen LogP contribution in [0.2, 0.25) is 0 Å². The molecular weight excluding hydrogens is 152 g/mol. The molecule has 12 heavy (non-hydrogen) atoms. The number of aromatic nitrogens is 2. The van der Waals surface area contributed by atoms with E-state index in [4.69, 9.17) is 0 Å². The molecule has 0 aliphatic rings. The summed E-state index contributed by atoms with van der Waals surface area (Å²) in [5.41, 5.74) is -0.185. The van der Waals surface area contributed by atoms with Gasteiger partial charge in [-0.3, -0.25) is 9.97 Å². The van der Waals surface area contributed by atoms with Crippen LogP contribution in [0.15, 0.2) is 18.6 Å². The van der Waals surface area contributed by atoms with Crippen LogP contribution in [0, 0.1) is 0 Å². The quantitative estimate of drug-likeness (QED) is 0.739. The van der Waals surface area contributed by atoms with Crippen molar-refractivity contribution in [1.29, 1.82) is 0 Å². The molecule has 0 fully saturated rings. The van der Waals surface area contributed by atoms with Crippen molar-refractivity contribution in [3.63, 3.8) is 0 Å². The fraction of sp³-hybridized carbons (Fsp3) is 0.556. The van der Waals surface area contributed by atoms with Gasteiger partial charge in [0.2, 0.25) is 0 Å². The van der Waals surface area contributed by atoms with Gasteiger partial charge in [0.1, 0.15) is 5.60 Å². The summed E-state index contributed by atoms with van der Waals surface area (Å²) < 4.78 is 0. The molecule has 0 aliphatic carbocycles. The minimum absolute atomic E-state index is 0.645. The maximum Gasteiger partial charge on any atom is 0.105 e. The molecule has 0 bridgehead atoms. The van der Waals surface area contributed by atoms with Gasteiger partial charge in [0.25, 0.3) is 0 Å². The predicted molar refractivity (Wildman–Crippen MR) is 46.5 cm³/mol. The molecule has 0 saturated carbocycles. The van der Waals surface area contributed by atoms with Gasteiger partial charge in [0, 0.05) is 12.4 Å². The summed E-state index contributed by atoms with van der Waals surface area (Å²) in [6.45, 7) is 3.80. The minimum atomic E-state index is -0.830. The van der Waals surface area contributed by atoms with Gasteiger partial charge in [-0.05, 0) is 13.3 Å². The monoisotopic (exact) mass is 166 g/mol. The molecule has 0 aliphatic heterocycles. The summed E-state index contributed by atoms with van der Waals surface area (Å²) in [5, 5.41) is 9.88. The van der Waals surface area contributed by atoms with Gasteiger partial charge in [-0.15, -0.1) is 0 Å². The number of rotatable bonds is 3. The summed E-state index contributed by atoms with van der Waals surface area (Å²) in [4.78, 5) is 7.97. The fourth-order valence-corrected chi connectivity index (χ4v) is 1.19. The third-order valence-electron chi connectivity index (χ3n) is 1.85. The lowest BCUT2D eigenvalue weighted by Crippen LogP contribution is -2.22. The molecule has 1 unspecified atom stereocenters. The maximum absolute atomic E-state index is 9.88. The molecule has 1 aromatic heterocycles. The van der Waals surface area contributed by atoms with Crippen LogP contribution in [0.5, 0.6) is 0 Å². The average Bonchev–Trinajstić information content (AvgIpc) is 2.06. The molecule has 0 amide bonds. The van der Waals surface area contributed by atoms with Gasteiger partial charge in [-0.25, -0.2) is 0 Å². The van der Waals surface area contributed by atoms with E-state index in [1.807, 2.05) is 6.92 Å². The maximum atomic E-state index is 9.88. The second kappa shape index (κ2) is 3.63. The van der Waals surface area contributed by atoms with E-state index in [0.29, 0.717) is 12.1 Å². The lowest BCUT2D eigenvalue weighted by Gasteiger charge is -2.20. The highest BCUT2D eigenvalue weighted by atomic mass is 16.3. The molecule has 0 saturated heterocycles. The van der Waals surface area contributed by atoms with Crippen LogP contribution in [0.25, 0.3) is 0 Å². The second-order valence-corrected chi connectivity index (χ2v) is 3.11. The normalized spacial score (nSPS) is 15.6. The molecule has 1 atom stereocenters. The van der Waals surface area contributed by atoms with Crippen molar-refractivity contribution < 1.29 is 5.11 Å². The first-order chi connectivity index (χ1) is 5.67. The SMILES string of the molecule is CCCC(C)(O)c1cnccn1. The smallest absolute Gasteiger partial charge is 0.105 e.